The number of hydrogen-bond acceptors (Lipinski definition) is 7. The molecule has 0 radical (unpaired) electrons. The first kappa shape index (κ1) is 26.7. The fraction of sp³-hybridized carbons (Fsp3) is 0.391. The van der Waals surface area contributed by atoms with Gasteiger partial charge < -0.3 is 20.0 Å². The zero-order valence-electron chi connectivity index (χ0n) is 18.4. The highest BCUT2D eigenvalue weighted by Gasteiger charge is 2.33. The summed E-state index contributed by atoms with van der Waals surface area (Å²) in [5.41, 5.74) is 7.06. The van der Waals surface area contributed by atoms with Crippen molar-refractivity contribution in [3.8, 4) is 10.6 Å². The summed E-state index contributed by atoms with van der Waals surface area (Å²) in [6.07, 6.45) is 0.401. The van der Waals surface area contributed by atoms with Gasteiger partial charge in [-0.1, -0.05) is 66.6 Å². The highest BCUT2D eigenvalue weighted by Crippen LogP contribution is 2.37. The van der Waals surface area contributed by atoms with Gasteiger partial charge in [0, 0.05) is 5.56 Å². The van der Waals surface area contributed by atoms with Crippen LogP contribution in [0.3, 0.4) is 0 Å². The Labute approximate surface area is 201 Å². The highest BCUT2D eigenvalue weighted by molar-refractivity contribution is 7.39. The highest BCUT2D eigenvalue weighted by atomic mass is 32.1. The smallest absolute Gasteiger partial charge is 0.328 e. The van der Waals surface area contributed by atoms with Crippen LogP contribution in [0, 0.1) is 0 Å². The van der Waals surface area contributed by atoms with Crippen molar-refractivity contribution in [2.24, 2.45) is 5.73 Å². The van der Waals surface area contributed by atoms with Crippen molar-refractivity contribution >= 4 is 19.9 Å². The van der Waals surface area contributed by atoms with Crippen LogP contribution in [0.25, 0.3) is 10.6 Å². The van der Waals surface area contributed by atoms with Crippen LogP contribution in [-0.2, 0) is 23.5 Å². The van der Waals surface area contributed by atoms with Crippen molar-refractivity contribution in [2.45, 2.75) is 50.7 Å². The Morgan fingerprint density at radius 2 is 1.68 bits per heavy atom. The number of hydrogen-bond donors (Lipinski definition) is 3. The standard InChI is InChI=1S/C23H27F3N3O3PS/c24-23(25,26)19-14-18(21-28-29-22(34-21)20(27)15-32-33(30)31)13-12-17(19)11-7-2-1-4-8-16-9-5-3-6-10-16/h3,5-6,9-10,12-14,20,30-31H,1-2,4,7-8,11,15,27H2. The van der Waals surface area contributed by atoms with Crippen molar-refractivity contribution in [1.29, 1.82) is 0 Å². The van der Waals surface area contributed by atoms with E-state index in [0.717, 1.165) is 43.1 Å². The molecule has 34 heavy (non-hydrogen) atoms. The molecule has 6 nitrogen and oxygen atoms in total. The molecule has 3 aromatic rings. The van der Waals surface area contributed by atoms with Gasteiger partial charge in [-0.2, -0.15) is 13.2 Å². The summed E-state index contributed by atoms with van der Waals surface area (Å²) in [6, 6.07) is 13.6. The lowest BCUT2D eigenvalue weighted by molar-refractivity contribution is -0.138. The van der Waals surface area contributed by atoms with Gasteiger partial charge in [0.05, 0.1) is 18.2 Å². The molecule has 1 heterocycles. The molecule has 0 saturated carbocycles. The Balaban J connectivity index is 1.59. The molecule has 0 fully saturated rings. The third kappa shape index (κ3) is 8.08. The first-order chi connectivity index (χ1) is 16.2. The fourth-order valence-corrected chi connectivity index (χ4v) is 4.67. The largest absolute Gasteiger partial charge is 0.416 e. The first-order valence-corrected chi connectivity index (χ1v) is 12.9. The number of alkyl halides is 3. The summed E-state index contributed by atoms with van der Waals surface area (Å²) in [5, 5.41) is 8.50. The van der Waals surface area contributed by atoms with E-state index in [2.05, 4.69) is 26.9 Å². The van der Waals surface area contributed by atoms with Gasteiger partial charge in [-0.25, -0.2) is 0 Å². The van der Waals surface area contributed by atoms with Gasteiger partial charge in [0.1, 0.15) is 10.0 Å². The zero-order valence-corrected chi connectivity index (χ0v) is 20.1. The van der Waals surface area contributed by atoms with Crippen molar-refractivity contribution in [2.75, 3.05) is 6.61 Å². The fourth-order valence-electron chi connectivity index (χ4n) is 3.55. The second-order valence-electron chi connectivity index (χ2n) is 7.87. The normalized spacial score (nSPS) is 12.9. The molecule has 184 valence electrons. The number of benzene rings is 2. The summed E-state index contributed by atoms with van der Waals surface area (Å²) < 4.78 is 45.9. The summed E-state index contributed by atoms with van der Waals surface area (Å²) in [5.74, 6) is 0. The van der Waals surface area contributed by atoms with Gasteiger partial charge in [0.25, 0.3) is 0 Å². The first-order valence-electron chi connectivity index (χ1n) is 10.9. The molecule has 1 unspecified atom stereocenters. The van der Waals surface area contributed by atoms with Crippen LogP contribution in [0.5, 0.6) is 0 Å². The molecule has 3 rings (SSSR count). The van der Waals surface area contributed by atoms with E-state index in [1.165, 1.54) is 11.6 Å². The molecule has 0 aliphatic carbocycles. The van der Waals surface area contributed by atoms with E-state index in [9.17, 15) is 13.2 Å². The van der Waals surface area contributed by atoms with Crippen LogP contribution in [-0.4, -0.2) is 26.6 Å². The summed E-state index contributed by atoms with van der Waals surface area (Å²) in [7, 11) is -2.55. The van der Waals surface area contributed by atoms with Crippen LogP contribution in [0.1, 0.15) is 53.4 Å². The van der Waals surface area contributed by atoms with E-state index in [1.807, 2.05) is 18.2 Å². The molecule has 0 amide bonds. The molecule has 4 N–H and O–H groups in total. The second-order valence-corrected chi connectivity index (χ2v) is 9.64. The molecule has 0 spiro atoms. The SMILES string of the molecule is NC(COP(O)O)c1nnc(-c2ccc(CCCCCCc3ccccc3)c(C(F)(F)F)c2)s1. The van der Waals surface area contributed by atoms with Crippen molar-refractivity contribution in [3.63, 3.8) is 0 Å². The third-order valence-corrected chi connectivity index (χ3v) is 6.78. The average Bonchev–Trinajstić information content (AvgIpc) is 3.30. The zero-order chi connectivity index (χ0) is 24.6. The number of halogens is 3. The van der Waals surface area contributed by atoms with Crippen molar-refractivity contribution < 1.29 is 27.5 Å². The van der Waals surface area contributed by atoms with Gasteiger partial charge >= 0.3 is 14.8 Å². The van der Waals surface area contributed by atoms with Crippen molar-refractivity contribution in [1.82, 2.24) is 10.2 Å². The quantitative estimate of drug-likeness (QED) is 0.209. The predicted octanol–water partition coefficient (Wildman–Crippen LogP) is 5.80. The lowest BCUT2D eigenvalue weighted by Crippen LogP contribution is -2.15. The Kier molecular flexibility index (Phi) is 9.94. The number of nitrogens with two attached hydrogens (primary N) is 1. The maximum atomic E-state index is 13.8. The van der Waals surface area contributed by atoms with Gasteiger partial charge in [-0.3, -0.25) is 0 Å². The number of nitrogens with zero attached hydrogens (tertiary/aromatic N) is 2. The van der Waals surface area contributed by atoms with Crippen LogP contribution >= 0.6 is 19.9 Å². The number of aromatic nitrogens is 2. The maximum absolute atomic E-state index is 13.8. The molecule has 0 saturated heterocycles. The second kappa shape index (κ2) is 12.7. The predicted molar refractivity (Wildman–Crippen MR) is 127 cm³/mol. The molecule has 2 aromatic carbocycles. The summed E-state index contributed by atoms with van der Waals surface area (Å²) >= 11 is 1.05. The van der Waals surface area contributed by atoms with E-state index >= 15 is 0 Å². The lowest BCUT2D eigenvalue weighted by Gasteiger charge is -2.14. The van der Waals surface area contributed by atoms with E-state index in [0.29, 0.717) is 28.4 Å². The van der Waals surface area contributed by atoms with Crippen LogP contribution < -0.4 is 5.73 Å². The molecular weight excluding hydrogens is 486 g/mol. The van der Waals surface area contributed by atoms with E-state index in [1.54, 1.807) is 6.07 Å². The monoisotopic (exact) mass is 513 g/mol. The molecule has 11 heteroatoms. The van der Waals surface area contributed by atoms with Gasteiger partial charge in [-0.05, 0) is 42.9 Å². The van der Waals surface area contributed by atoms with Crippen molar-refractivity contribution in [3.05, 3.63) is 70.2 Å². The Morgan fingerprint density at radius 3 is 2.35 bits per heavy atom. The van der Waals surface area contributed by atoms with Crippen LogP contribution in [0.2, 0.25) is 0 Å². The molecule has 0 aliphatic heterocycles. The number of aryl methyl sites for hydroxylation is 2. The minimum atomic E-state index is -4.48. The van der Waals surface area contributed by atoms with E-state index < -0.39 is 26.4 Å². The Bertz CT molecular complexity index is 1040. The van der Waals surface area contributed by atoms with Gasteiger partial charge in [-0.15, -0.1) is 10.2 Å². The van der Waals surface area contributed by atoms with Gasteiger partial charge in [0.2, 0.25) is 0 Å². The minimum Gasteiger partial charge on any atom is -0.328 e. The Morgan fingerprint density at radius 1 is 0.971 bits per heavy atom. The molecule has 0 bridgehead atoms. The number of rotatable bonds is 12. The van der Waals surface area contributed by atoms with E-state index in [-0.39, 0.29) is 12.2 Å². The topological polar surface area (TPSA) is 101 Å². The van der Waals surface area contributed by atoms with Crippen LogP contribution in [0.15, 0.2) is 48.5 Å². The minimum absolute atomic E-state index is 0.189. The lowest BCUT2D eigenvalue weighted by atomic mass is 9.97. The molecule has 1 atom stereocenters. The summed E-state index contributed by atoms with van der Waals surface area (Å²) in [6.45, 7) is -0.189. The summed E-state index contributed by atoms with van der Waals surface area (Å²) in [4.78, 5) is 17.6. The maximum Gasteiger partial charge on any atom is 0.416 e. The molecule has 1 aromatic heterocycles. The number of unbranched alkanes of at least 4 members (excludes halogenated alkanes) is 3. The molecule has 0 aliphatic rings. The van der Waals surface area contributed by atoms with Gasteiger partial charge in [0.15, 0.2) is 0 Å². The Hall–Kier alpha value is -1.94. The molecular formula is C23H27F3N3O3PS. The van der Waals surface area contributed by atoms with Crippen LogP contribution in [0.4, 0.5) is 13.2 Å². The average molecular weight is 514 g/mol. The third-order valence-electron chi connectivity index (χ3n) is 5.29. The van der Waals surface area contributed by atoms with E-state index in [4.69, 9.17) is 15.5 Å².